The maximum atomic E-state index is 8.81. The van der Waals surface area contributed by atoms with E-state index < -0.39 is 0 Å². The number of aromatic nitrogens is 1. The first-order valence-electron chi connectivity index (χ1n) is 4.94. The fourth-order valence-corrected chi connectivity index (χ4v) is 1.24. The molecule has 0 fully saturated rings. The average molecular weight is 194 g/mol. The standard InChI is InChI=1S/C11H18N2O/c1-9(2)10-5-4-6-11(12-10)13(3)7-8-14/h4-6,9,14H,7-8H2,1-3H3. The van der Waals surface area contributed by atoms with Crippen molar-refractivity contribution in [2.45, 2.75) is 19.8 Å². The number of aliphatic hydroxyl groups is 1. The largest absolute Gasteiger partial charge is 0.395 e. The molecule has 0 aliphatic heterocycles. The molecular weight excluding hydrogens is 176 g/mol. The highest BCUT2D eigenvalue weighted by atomic mass is 16.3. The predicted octanol–water partition coefficient (Wildman–Crippen LogP) is 1.63. The van der Waals surface area contributed by atoms with E-state index >= 15 is 0 Å². The fourth-order valence-electron chi connectivity index (χ4n) is 1.24. The molecule has 0 bridgehead atoms. The molecule has 0 spiro atoms. The van der Waals surface area contributed by atoms with Gasteiger partial charge in [-0.25, -0.2) is 4.98 Å². The van der Waals surface area contributed by atoms with Gasteiger partial charge in [0, 0.05) is 19.3 Å². The number of hydrogen-bond acceptors (Lipinski definition) is 3. The third-order valence-corrected chi connectivity index (χ3v) is 2.17. The summed E-state index contributed by atoms with van der Waals surface area (Å²) < 4.78 is 0. The van der Waals surface area contributed by atoms with Crippen LogP contribution in [0.5, 0.6) is 0 Å². The Labute approximate surface area is 85.4 Å². The Morgan fingerprint density at radius 1 is 1.43 bits per heavy atom. The maximum Gasteiger partial charge on any atom is 0.128 e. The smallest absolute Gasteiger partial charge is 0.128 e. The van der Waals surface area contributed by atoms with Gasteiger partial charge in [0.1, 0.15) is 5.82 Å². The van der Waals surface area contributed by atoms with Gasteiger partial charge in [0.15, 0.2) is 0 Å². The molecule has 0 amide bonds. The molecule has 0 aliphatic rings. The number of nitrogens with zero attached hydrogens (tertiary/aromatic N) is 2. The van der Waals surface area contributed by atoms with Crippen LogP contribution in [0.25, 0.3) is 0 Å². The highest BCUT2D eigenvalue weighted by Crippen LogP contribution is 2.15. The van der Waals surface area contributed by atoms with Crippen LogP contribution in [-0.2, 0) is 0 Å². The lowest BCUT2D eigenvalue weighted by molar-refractivity contribution is 0.304. The van der Waals surface area contributed by atoms with Crippen molar-refractivity contribution in [3.8, 4) is 0 Å². The summed E-state index contributed by atoms with van der Waals surface area (Å²) in [6.07, 6.45) is 0. The zero-order valence-electron chi connectivity index (χ0n) is 9.07. The lowest BCUT2D eigenvalue weighted by Gasteiger charge is -2.17. The van der Waals surface area contributed by atoms with E-state index in [1.54, 1.807) is 0 Å². The predicted molar refractivity (Wildman–Crippen MR) is 58.7 cm³/mol. The van der Waals surface area contributed by atoms with E-state index in [0.29, 0.717) is 12.5 Å². The lowest BCUT2D eigenvalue weighted by Crippen LogP contribution is -2.22. The molecule has 0 saturated carbocycles. The molecule has 0 aromatic carbocycles. The first-order valence-corrected chi connectivity index (χ1v) is 4.94. The van der Waals surface area contributed by atoms with Crippen molar-refractivity contribution in [3.05, 3.63) is 23.9 Å². The summed E-state index contributed by atoms with van der Waals surface area (Å²) in [6.45, 7) is 5.02. The highest BCUT2D eigenvalue weighted by Gasteiger charge is 2.04. The van der Waals surface area contributed by atoms with E-state index in [-0.39, 0.29) is 6.61 Å². The lowest BCUT2D eigenvalue weighted by atomic mass is 10.1. The van der Waals surface area contributed by atoms with E-state index in [1.165, 1.54) is 0 Å². The van der Waals surface area contributed by atoms with Crippen molar-refractivity contribution in [2.24, 2.45) is 0 Å². The van der Waals surface area contributed by atoms with Crippen LogP contribution >= 0.6 is 0 Å². The Balaban J connectivity index is 2.82. The van der Waals surface area contributed by atoms with Crippen LogP contribution < -0.4 is 4.90 Å². The minimum Gasteiger partial charge on any atom is -0.395 e. The summed E-state index contributed by atoms with van der Waals surface area (Å²) in [5.41, 5.74) is 1.09. The van der Waals surface area contributed by atoms with E-state index in [1.807, 2.05) is 30.1 Å². The molecular formula is C11H18N2O. The second kappa shape index (κ2) is 4.96. The summed E-state index contributed by atoms with van der Waals surface area (Å²) in [5.74, 6) is 1.36. The molecule has 0 aliphatic carbocycles. The number of aliphatic hydroxyl groups excluding tert-OH is 1. The molecule has 14 heavy (non-hydrogen) atoms. The molecule has 3 nitrogen and oxygen atoms in total. The molecule has 1 aromatic rings. The molecule has 0 radical (unpaired) electrons. The van der Waals surface area contributed by atoms with Crippen LogP contribution in [0.3, 0.4) is 0 Å². The van der Waals surface area contributed by atoms with Gasteiger partial charge >= 0.3 is 0 Å². The number of rotatable bonds is 4. The van der Waals surface area contributed by atoms with Gasteiger partial charge in [0.2, 0.25) is 0 Å². The van der Waals surface area contributed by atoms with Crippen LogP contribution in [0.1, 0.15) is 25.5 Å². The van der Waals surface area contributed by atoms with Crippen LogP contribution in [0.15, 0.2) is 18.2 Å². The Bertz CT molecular complexity index is 286. The minimum absolute atomic E-state index is 0.157. The monoisotopic (exact) mass is 194 g/mol. The molecule has 1 heterocycles. The van der Waals surface area contributed by atoms with Gasteiger partial charge in [-0.3, -0.25) is 0 Å². The second-order valence-corrected chi connectivity index (χ2v) is 3.72. The Kier molecular flexibility index (Phi) is 3.89. The number of likely N-dealkylation sites (N-methyl/N-ethyl adjacent to an activating group) is 1. The summed E-state index contributed by atoms with van der Waals surface area (Å²) >= 11 is 0. The highest BCUT2D eigenvalue weighted by molar-refractivity contribution is 5.38. The Morgan fingerprint density at radius 2 is 2.14 bits per heavy atom. The third kappa shape index (κ3) is 2.70. The molecule has 1 aromatic heterocycles. The molecule has 0 unspecified atom stereocenters. The van der Waals surface area contributed by atoms with E-state index in [4.69, 9.17) is 5.11 Å². The maximum absolute atomic E-state index is 8.81. The first kappa shape index (κ1) is 11.0. The Hall–Kier alpha value is -1.09. The fraction of sp³-hybridized carbons (Fsp3) is 0.545. The van der Waals surface area contributed by atoms with Crippen molar-refractivity contribution in [1.29, 1.82) is 0 Å². The van der Waals surface area contributed by atoms with Crippen LogP contribution in [0.2, 0.25) is 0 Å². The van der Waals surface area contributed by atoms with Crippen molar-refractivity contribution < 1.29 is 5.11 Å². The van der Waals surface area contributed by atoms with Crippen LogP contribution in [-0.4, -0.2) is 30.3 Å². The van der Waals surface area contributed by atoms with E-state index in [9.17, 15) is 0 Å². The zero-order valence-corrected chi connectivity index (χ0v) is 9.07. The van der Waals surface area contributed by atoms with Crippen molar-refractivity contribution in [1.82, 2.24) is 4.98 Å². The molecule has 78 valence electrons. The molecule has 1 N–H and O–H groups in total. The Morgan fingerprint density at radius 3 is 2.71 bits per heavy atom. The SMILES string of the molecule is CC(C)c1cccc(N(C)CCO)n1. The van der Waals surface area contributed by atoms with E-state index in [0.717, 1.165) is 11.5 Å². The topological polar surface area (TPSA) is 36.4 Å². The van der Waals surface area contributed by atoms with Gasteiger partial charge in [-0.15, -0.1) is 0 Å². The van der Waals surface area contributed by atoms with Gasteiger partial charge < -0.3 is 10.0 Å². The molecule has 0 atom stereocenters. The average Bonchev–Trinajstić information content (AvgIpc) is 2.18. The molecule has 3 heteroatoms. The minimum atomic E-state index is 0.157. The quantitative estimate of drug-likeness (QED) is 0.791. The van der Waals surface area contributed by atoms with Crippen molar-refractivity contribution in [3.63, 3.8) is 0 Å². The summed E-state index contributed by atoms with van der Waals surface area (Å²) in [6, 6.07) is 5.99. The van der Waals surface area contributed by atoms with Crippen LogP contribution in [0.4, 0.5) is 5.82 Å². The van der Waals surface area contributed by atoms with Crippen LogP contribution in [0, 0.1) is 0 Å². The summed E-state index contributed by atoms with van der Waals surface area (Å²) in [5, 5.41) is 8.81. The van der Waals surface area contributed by atoms with E-state index in [2.05, 4.69) is 18.8 Å². The number of hydrogen-bond donors (Lipinski definition) is 1. The normalized spacial score (nSPS) is 10.6. The number of anilines is 1. The summed E-state index contributed by atoms with van der Waals surface area (Å²) in [7, 11) is 1.93. The van der Waals surface area contributed by atoms with Gasteiger partial charge in [-0.2, -0.15) is 0 Å². The van der Waals surface area contributed by atoms with Crippen molar-refractivity contribution in [2.75, 3.05) is 25.1 Å². The van der Waals surface area contributed by atoms with Gasteiger partial charge in [-0.1, -0.05) is 19.9 Å². The van der Waals surface area contributed by atoms with Gasteiger partial charge in [-0.05, 0) is 18.1 Å². The third-order valence-electron chi connectivity index (χ3n) is 2.17. The summed E-state index contributed by atoms with van der Waals surface area (Å²) in [4.78, 5) is 6.46. The zero-order chi connectivity index (χ0) is 10.6. The number of pyridine rings is 1. The second-order valence-electron chi connectivity index (χ2n) is 3.72. The van der Waals surface area contributed by atoms with Crippen molar-refractivity contribution >= 4 is 5.82 Å². The first-order chi connectivity index (χ1) is 6.65. The van der Waals surface area contributed by atoms with Gasteiger partial charge in [0.25, 0.3) is 0 Å². The molecule has 0 saturated heterocycles. The van der Waals surface area contributed by atoms with Gasteiger partial charge in [0.05, 0.1) is 6.61 Å². The molecule has 1 rings (SSSR count).